The van der Waals surface area contributed by atoms with Crippen LogP contribution in [-0.2, 0) is 25.8 Å². The Kier molecular flexibility index (Phi) is 5.24. The minimum Gasteiger partial charge on any atom is -0.375 e. The number of ether oxygens (including phenoxy) is 1. The molecule has 2 saturated heterocycles. The number of nitrogens with zero attached hydrogens (tertiary/aromatic N) is 4. The number of fused-ring (bicyclic) bond motifs is 1. The van der Waals surface area contributed by atoms with Crippen molar-refractivity contribution in [1.29, 1.82) is 0 Å². The van der Waals surface area contributed by atoms with Crippen LogP contribution in [0.1, 0.15) is 23.1 Å². The lowest BCUT2D eigenvalue weighted by atomic mass is 10.0. The fourth-order valence-corrected chi connectivity index (χ4v) is 5.52. The summed E-state index contributed by atoms with van der Waals surface area (Å²) in [6.07, 6.45) is 3.60. The number of carbonyl (C=O) groups excluding carboxylic acids is 2. The predicted molar refractivity (Wildman–Crippen MR) is 92.3 cm³/mol. The molecule has 26 heavy (non-hydrogen) atoms. The van der Waals surface area contributed by atoms with Crippen LogP contribution in [0.5, 0.6) is 0 Å². The molecule has 0 radical (unpaired) electrons. The average Bonchev–Trinajstić information content (AvgIpc) is 2.95. The van der Waals surface area contributed by atoms with E-state index in [1.807, 2.05) is 6.92 Å². The molecule has 1 aromatic heterocycles. The first-order valence-corrected chi connectivity index (χ1v) is 10.3. The maximum atomic E-state index is 12.9. The summed E-state index contributed by atoms with van der Waals surface area (Å²) < 4.78 is 29.2. The number of hydrogen-bond donors (Lipinski definition) is 0. The fourth-order valence-electron chi connectivity index (χ4n) is 3.53. The molecule has 2 aliphatic rings. The normalized spacial score (nSPS) is 24.4. The Hall–Kier alpha value is -2.07. The second kappa shape index (κ2) is 7.28. The molecule has 0 bridgehead atoms. The molecule has 10 heteroatoms. The highest BCUT2D eigenvalue weighted by Gasteiger charge is 2.49. The Bertz CT molecular complexity index is 795. The highest BCUT2D eigenvalue weighted by Crippen LogP contribution is 2.28. The Morgan fingerprint density at radius 1 is 1.15 bits per heavy atom. The van der Waals surface area contributed by atoms with Gasteiger partial charge in [-0.3, -0.25) is 9.59 Å². The van der Waals surface area contributed by atoms with Gasteiger partial charge in [-0.2, -0.15) is 0 Å². The summed E-state index contributed by atoms with van der Waals surface area (Å²) >= 11 is 0. The zero-order valence-corrected chi connectivity index (χ0v) is 15.6. The smallest absolute Gasteiger partial charge is 0.257 e. The summed E-state index contributed by atoms with van der Waals surface area (Å²) in [6.45, 7) is 2.35. The van der Waals surface area contributed by atoms with Crippen molar-refractivity contribution in [2.75, 3.05) is 38.3 Å². The molecule has 2 amide bonds. The monoisotopic (exact) mass is 382 g/mol. The molecule has 0 N–H and O–H groups in total. The Morgan fingerprint density at radius 2 is 1.73 bits per heavy atom. The molecule has 2 aliphatic heterocycles. The van der Waals surface area contributed by atoms with E-state index >= 15 is 0 Å². The Labute approximate surface area is 152 Å². The maximum absolute atomic E-state index is 12.9. The van der Waals surface area contributed by atoms with E-state index in [1.54, 1.807) is 0 Å². The molecule has 142 valence electrons. The minimum atomic E-state index is -3.33. The van der Waals surface area contributed by atoms with Gasteiger partial charge in [0, 0.05) is 39.0 Å². The van der Waals surface area contributed by atoms with E-state index in [-0.39, 0.29) is 43.0 Å². The number of aromatic nitrogens is 2. The van der Waals surface area contributed by atoms with Crippen LogP contribution in [0, 0.1) is 0 Å². The van der Waals surface area contributed by atoms with Crippen molar-refractivity contribution < 1.29 is 22.7 Å². The van der Waals surface area contributed by atoms with E-state index in [1.165, 1.54) is 29.3 Å². The van der Waals surface area contributed by atoms with Crippen molar-refractivity contribution in [2.45, 2.75) is 25.4 Å². The van der Waals surface area contributed by atoms with Crippen molar-refractivity contribution in [1.82, 2.24) is 19.8 Å². The van der Waals surface area contributed by atoms with Gasteiger partial charge < -0.3 is 14.5 Å². The summed E-state index contributed by atoms with van der Waals surface area (Å²) in [5, 5.41) is 0. The SMILES string of the molecule is CCc1ncc(C(=O)N2CCN(C(=O)COC)[C@@H]3CS(=O)(=O)C[C@@H]32)cn1. The summed E-state index contributed by atoms with van der Waals surface area (Å²) in [5.41, 5.74) is 0.321. The van der Waals surface area contributed by atoms with Gasteiger partial charge >= 0.3 is 0 Å². The van der Waals surface area contributed by atoms with Gasteiger partial charge in [-0.25, -0.2) is 18.4 Å². The van der Waals surface area contributed by atoms with Gasteiger partial charge in [0.2, 0.25) is 5.91 Å². The number of aryl methyl sites for hydroxylation is 1. The van der Waals surface area contributed by atoms with E-state index in [4.69, 9.17) is 4.74 Å². The molecular weight excluding hydrogens is 360 g/mol. The van der Waals surface area contributed by atoms with Gasteiger partial charge in [-0.05, 0) is 0 Å². The summed E-state index contributed by atoms with van der Waals surface area (Å²) in [4.78, 5) is 36.5. The number of piperazine rings is 1. The first-order chi connectivity index (χ1) is 12.4. The average molecular weight is 382 g/mol. The summed E-state index contributed by atoms with van der Waals surface area (Å²) in [5.74, 6) is -0.213. The Morgan fingerprint density at radius 3 is 2.31 bits per heavy atom. The van der Waals surface area contributed by atoms with Crippen molar-refractivity contribution in [2.24, 2.45) is 0 Å². The molecule has 0 aromatic carbocycles. The molecule has 1 aromatic rings. The van der Waals surface area contributed by atoms with Gasteiger partial charge in [0.15, 0.2) is 9.84 Å². The quantitative estimate of drug-likeness (QED) is 0.666. The number of amides is 2. The van der Waals surface area contributed by atoms with Gasteiger partial charge in [0.05, 0.1) is 29.2 Å². The van der Waals surface area contributed by atoms with Gasteiger partial charge in [-0.1, -0.05) is 6.92 Å². The van der Waals surface area contributed by atoms with Crippen molar-refractivity contribution in [3.05, 3.63) is 23.8 Å². The lowest BCUT2D eigenvalue weighted by molar-refractivity contribution is -0.140. The first-order valence-electron chi connectivity index (χ1n) is 8.47. The third-order valence-corrected chi connectivity index (χ3v) is 6.49. The van der Waals surface area contributed by atoms with Crippen LogP contribution in [0.15, 0.2) is 12.4 Å². The highest BCUT2D eigenvalue weighted by atomic mass is 32.2. The van der Waals surface area contributed by atoms with E-state index in [2.05, 4.69) is 9.97 Å². The fraction of sp³-hybridized carbons (Fsp3) is 0.625. The van der Waals surface area contributed by atoms with E-state index in [9.17, 15) is 18.0 Å². The zero-order chi connectivity index (χ0) is 18.9. The van der Waals surface area contributed by atoms with Gasteiger partial charge in [0.1, 0.15) is 12.4 Å². The second-order valence-corrected chi connectivity index (χ2v) is 8.63. The lowest BCUT2D eigenvalue weighted by Gasteiger charge is -2.43. The van der Waals surface area contributed by atoms with Crippen LogP contribution in [-0.4, -0.2) is 90.4 Å². The maximum Gasteiger partial charge on any atom is 0.257 e. The molecule has 0 aliphatic carbocycles. The van der Waals surface area contributed by atoms with Crippen molar-refractivity contribution in [3.8, 4) is 0 Å². The molecule has 0 spiro atoms. The number of carbonyl (C=O) groups is 2. The highest BCUT2D eigenvalue weighted by molar-refractivity contribution is 7.91. The lowest BCUT2D eigenvalue weighted by Crippen LogP contribution is -2.62. The second-order valence-electron chi connectivity index (χ2n) is 6.47. The molecule has 3 rings (SSSR count). The molecule has 0 saturated carbocycles. The third kappa shape index (κ3) is 3.56. The largest absolute Gasteiger partial charge is 0.375 e. The van der Waals surface area contributed by atoms with Crippen LogP contribution >= 0.6 is 0 Å². The van der Waals surface area contributed by atoms with Crippen molar-refractivity contribution in [3.63, 3.8) is 0 Å². The Balaban J connectivity index is 1.85. The van der Waals surface area contributed by atoms with Crippen LogP contribution in [0.4, 0.5) is 0 Å². The number of hydrogen-bond acceptors (Lipinski definition) is 7. The zero-order valence-electron chi connectivity index (χ0n) is 14.8. The molecule has 3 heterocycles. The van der Waals surface area contributed by atoms with Crippen LogP contribution < -0.4 is 0 Å². The van der Waals surface area contributed by atoms with Crippen LogP contribution in [0.25, 0.3) is 0 Å². The minimum absolute atomic E-state index is 0.108. The topological polar surface area (TPSA) is 110 Å². The van der Waals surface area contributed by atoms with Gasteiger partial charge in [0.25, 0.3) is 5.91 Å². The molecule has 2 atom stereocenters. The predicted octanol–water partition coefficient (Wildman–Crippen LogP) is -0.865. The van der Waals surface area contributed by atoms with E-state index in [0.29, 0.717) is 17.8 Å². The van der Waals surface area contributed by atoms with E-state index < -0.39 is 21.9 Å². The number of rotatable bonds is 4. The molecule has 9 nitrogen and oxygen atoms in total. The number of sulfone groups is 1. The molecule has 2 fully saturated rings. The van der Waals surface area contributed by atoms with E-state index in [0.717, 1.165) is 0 Å². The summed E-state index contributed by atoms with van der Waals surface area (Å²) in [6, 6.07) is -1.11. The van der Waals surface area contributed by atoms with Crippen LogP contribution in [0.2, 0.25) is 0 Å². The number of methoxy groups -OCH3 is 1. The van der Waals surface area contributed by atoms with Gasteiger partial charge in [-0.15, -0.1) is 0 Å². The summed E-state index contributed by atoms with van der Waals surface area (Å²) in [7, 11) is -1.91. The molecule has 0 unspecified atom stereocenters. The standard InChI is InChI=1S/C16H22N4O5S/c1-3-14-17-6-11(7-18-14)16(22)20-5-4-19(15(21)8-25-2)12-9-26(23,24)10-13(12)20/h6-7,12-13H,3-5,8-10H2,1-2H3/t12-,13+/m1/s1. The van der Waals surface area contributed by atoms with Crippen LogP contribution in [0.3, 0.4) is 0 Å². The third-order valence-electron chi connectivity index (χ3n) is 4.79. The molecular formula is C16H22N4O5S. The first kappa shape index (κ1) is 18.7. The van der Waals surface area contributed by atoms with Crippen molar-refractivity contribution >= 4 is 21.7 Å².